The molecular weight excluding hydrogens is 409 g/mol. The number of halogens is 3. The van der Waals surface area contributed by atoms with Crippen LogP contribution in [-0.4, -0.2) is 40.6 Å². The summed E-state index contributed by atoms with van der Waals surface area (Å²) in [7, 11) is 0. The summed E-state index contributed by atoms with van der Waals surface area (Å²) in [6.45, 7) is 4.01. The van der Waals surface area contributed by atoms with Crippen LogP contribution >= 0.6 is 0 Å². The number of alkyl halides is 3. The molecule has 0 atom stereocenters. The molecule has 31 heavy (non-hydrogen) atoms. The number of hydrogen-bond acceptors (Lipinski definition) is 4. The van der Waals surface area contributed by atoms with Crippen LogP contribution in [0.4, 0.5) is 13.2 Å². The zero-order valence-electron chi connectivity index (χ0n) is 17.1. The monoisotopic (exact) mass is 432 g/mol. The maximum atomic E-state index is 12.8. The number of hydrogen-bond donors (Lipinski definition) is 1. The Morgan fingerprint density at radius 3 is 2.71 bits per heavy atom. The Labute approximate surface area is 178 Å². The Kier molecular flexibility index (Phi) is 5.75. The molecule has 1 N–H and O–H groups in total. The van der Waals surface area contributed by atoms with Gasteiger partial charge in [-0.1, -0.05) is 11.6 Å². The van der Waals surface area contributed by atoms with Crippen LogP contribution in [-0.2, 0) is 24.0 Å². The fourth-order valence-electron chi connectivity index (χ4n) is 4.11. The van der Waals surface area contributed by atoms with E-state index in [2.05, 4.69) is 16.8 Å². The van der Waals surface area contributed by atoms with Gasteiger partial charge in [-0.15, -0.1) is 0 Å². The molecule has 0 saturated carbocycles. The number of fused-ring (bicyclic) bond motifs is 1. The summed E-state index contributed by atoms with van der Waals surface area (Å²) in [5.41, 5.74) is 4.28. The summed E-state index contributed by atoms with van der Waals surface area (Å²) in [4.78, 5) is 17.1. The van der Waals surface area contributed by atoms with Crippen molar-refractivity contribution in [2.45, 2.75) is 32.5 Å². The van der Waals surface area contributed by atoms with Gasteiger partial charge in [-0.25, -0.2) is 0 Å². The standard InChI is InChI=1S/C23H23F3N2O3/c1-14-16(10-28-11-17(12-28)22(29)30)3-2-15-8-20(4-5-21(14)15)31-13-19-9-18(6-7-27-19)23(24,25)26/h4-9,17H,2-3,10-13H2,1H3,(H,29,30). The number of aromatic nitrogens is 1. The maximum absolute atomic E-state index is 12.8. The van der Waals surface area contributed by atoms with Crippen molar-refractivity contribution in [2.75, 3.05) is 19.6 Å². The van der Waals surface area contributed by atoms with Crippen LogP contribution in [0.15, 0.2) is 42.1 Å². The van der Waals surface area contributed by atoms with Gasteiger partial charge in [-0.05, 0) is 60.7 Å². The minimum Gasteiger partial charge on any atom is -0.487 e. The van der Waals surface area contributed by atoms with E-state index in [1.807, 2.05) is 18.2 Å². The van der Waals surface area contributed by atoms with Crippen molar-refractivity contribution in [3.8, 4) is 5.75 Å². The number of benzene rings is 1. The Morgan fingerprint density at radius 2 is 2.00 bits per heavy atom. The molecule has 1 aliphatic carbocycles. The largest absolute Gasteiger partial charge is 0.487 e. The van der Waals surface area contributed by atoms with Crippen LogP contribution in [0.3, 0.4) is 0 Å². The predicted molar refractivity (Wildman–Crippen MR) is 108 cm³/mol. The zero-order chi connectivity index (χ0) is 22.2. The summed E-state index contributed by atoms with van der Waals surface area (Å²) in [5, 5.41) is 9.03. The molecule has 1 aromatic heterocycles. The number of aryl methyl sites for hydroxylation is 1. The highest BCUT2D eigenvalue weighted by Crippen LogP contribution is 2.35. The molecule has 2 heterocycles. The van der Waals surface area contributed by atoms with E-state index in [1.165, 1.54) is 11.1 Å². The Hall–Kier alpha value is -2.87. The van der Waals surface area contributed by atoms with Crippen molar-refractivity contribution < 1.29 is 27.8 Å². The van der Waals surface area contributed by atoms with E-state index in [9.17, 15) is 18.0 Å². The maximum Gasteiger partial charge on any atom is 0.416 e. The van der Waals surface area contributed by atoms with E-state index < -0.39 is 17.7 Å². The molecule has 1 aliphatic heterocycles. The number of carboxylic acid groups (broad SMARTS) is 1. The molecule has 2 aliphatic rings. The van der Waals surface area contributed by atoms with Crippen molar-refractivity contribution >= 4 is 11.5 Å². The summed E-state index contributed by atoms with van der Waals surface area (Å²) in [5.74, 6) is -0.395. The van der Waals surface area contributed by atoms with Crippen LogP contribution in [0.1, 0.15) is 35.7 Å². The van der Waals surface area contributed by atoms with Crippen molar-refractivity contribution in [3.05, 3.63) is 64.5 Å². The Balaban J connectivity index is 1.41. The highest BCUT2D eigenvalue weighted by Gasteiger charge is 2.33. The second-order valence-electron chi connectivity index (χ2n) is 8.10. The number of pyridine rings is 1. The van der Waals surface area contributed by atoms with Gasteiger partial charge in [0.2, 0.25) is 0 Å². The van der Waals surface area contributed by atoms with Gasteiger partial charge in [-0.2, -0.15) is 13.2 Å². The van der Waals surface area contributed by atoms with Gasteiger partial charge in [-0.3, -0.25) is 14.7 Å². The fraction of sp³-hybridized carbons (Fsp3) is 0.391. The van der Waals surface area contributed by atoms with Crippen LogP contribution in [0.25, 0.3) is 5.57 Å². The number of carboxylic acids is 1. The van der Waals surface area contributed by atoms with Crippen molar-refractivity contribution in [2.24, 2.45) is 5.92 Å². The number of allylic oxidation sites excluding steroid dienone is 1. The molecule has 8 heteroatoms. The summed E-state index contributed by atoms with van der Waals surface area (Å²) < 4.78 is 44.2. The smallest absolute Gasteiger partial charge is 0.416 e. The van der Waals surface area contributed by atoms with Crippen molar-refractivity contribution in [1.29, 1.82) is 0 Å². The molecule has 4 rings (SSSR count). The summed E-state index contributed by atoms with van der Waals surface area (Å²) >= 11 is 0. The van der Waals surface area contributed by atoms with Crippen molar-refractivity contribution in [3.63, 3.8) is 0 Å². The van der Waals surface area contributed by atoms with Gasteiger partial charge in [0, 0.05) is 25.8 Å². The number of rotatable bonds is 6. The molecule has 1 aromatic carbocycles. The van der Waals surface area contributed by atoms with Crippen LogP contribution < -0.4 is 4.74 Å². The lowest BCUT2D eigenvalue weighted by molar-refractivity contribution is -0.147. The Morgan fingerprint density at radius 1 is 1.23 bits per heavy atom. The number of nitrogens with zero attached hydrogens (tertiary/aromatic N) is 2. The topological polar surface area (TPSA) is 62.7 Å². The van der Waals surface area contributed by atoms with Gasteiger partial charge in [0.05, 0.1) is 17.2 Å². The van der Waals surface area contributed by atoms with E-state index in [1.54, 1.807) is 0 Å². The normalized spacial score (nSPS) is 17.3. The molecule has 1 saturated heterocycles. The lowest BCUT2D eigenvalue weighted by atomic mass is 9.85. The third kappa shape index (κ3) is 4.74. The fourth-order valence-corrected chi connectivity index (χ4v) is 4.11. The molecule has 0 amide bonds. The molecule has 0 radical (unpaired) electrons. The van der Waals surface area contributed by atoms with Crippen LogP contribution in [0.2, 0.25) is 0 Å². The zero-order valence-corrected chi connectivity index (χ0v) is 17.1. The second kappa shape index (κ2) is 8.34. The minimum absolute atomic E-state index is 0.0392. The highest BCUT2D eigenvalue weighted by molar-refractivity contribution is 5.73. The molecule has 0 bridgehead atoms. The van der Waals surface area contributed by atoms with Gasteiger partial charge < -0.3 is 9.84 Å². The number of aliphatic carboxylic acids is 1. The first-order valence-corrected chi connectivity index (χ1v) is 10.1. The lowest BCUT2D eigenvalue weighted by Crippen LogP contribution is -2.50. The van der Waals surface area contributed by atoms with Gasteiger partial charge >= 0.3 is 12.1 Å². The SMILES string of the molecule is CC1=C(CN2CC(C(=O)O)C2)CCc2cc(OCc3cc(C(F)(F)F)ccn3)ccc21. The number of carbonyl (C=O) groups is 1. The van der Waals surface area contributed by atoms with Gasteiger partial charge in [0.1, 0.15) is 12.4 Å². The third-order valence-corrected chi connectivity index (χ3v) is 5.96. The number of ether oxygens (including phenoxy) is 1. The molecule has 5 nitrogen and oxygen atoms in total. The van der Waals surface area contributed by atoms with Gasteiger partial charge in [0.15, 0.2) is 0 Å². The summed E-state index contributed by atoms with van der Waals surface area (Å²) in [6.07, 6.45) is -1.53. The van der Waals surface area contributed by atoms with E-state index in [4.69, 9.17) is 9.84 Å². The first-order valence-electron chi connectivity index (χ1n) is 10.1. The summed E-state index contributed by atoms with van der Waals surface area (Å²) in [6, 6.07) is 7.69. The van der Waals surface area contributed by atoms with E-state index >= 15 is 0 Å². The number of likely N-dealkylation sites (tertiary alicyclic amines) is 1. The van der Waals surface area contributed by atoms with E-state index in [-0.39, 0.29) is 18.2 Å². The van der Waals surface area contributed by atoms with Crippen molar-refractivity contribution in [1.82, 2.24) is 9.88 Å². The molecule has 1 fully saturated rings. The Bertz CT molecular complexity index is 1030. The average Bonchev–Trinajstić information content (AvgIpc) is 2.69. The second-order valence-corrected chi connectivity index (χ2v) is 8.10. The first-order chi connectivity index (χ1) is 14.7. The van der Waals surface area contributed by atoms with Crippen LogP contribution in [0, 0.1) is 5.92 Å². The average molecular weight is 432 g/mol. The minimum atomic E-state index is -4.41. The van der Waals surface area contributed by atoms with Gasteiger partial charge in [0.25, 0.3) is 0 Å². The third-order valence-electron chi connectivity index (χ3n) is 5.96. The lowest BCUT2D eigenvalue weighted by Gasteiger charge is -2.38. The molecule has 0 spiro atoms. The van der Waals surface area contributed by atoms with E-state index in [0.717, 1.165) is 48.8 Å². The first kappa shape index (κ1) is 21.4. The molecule has 164 valence electrons. The molecule has 0 unspecified atom stereocenters. The van der Waals surface area contributed by atoms with E-state index in [0.29, 0.717) is 18.8 Å². The molecular formula is C23H23F3N2O3. The molecule has 2 aromatic rings. The predicted octanol–water partition coefficient (Wildman–Crippen LogP) is 4.42. The van der Waals surface area contributed by atoms with Crippen LogP contribution in [0.5, 0.6) is 5.75 Å². The quantitative estimate of drug-likeness (QED) is 0.733. The highest BCUT2D eigenvalue weighted by atomic mass is 19.4.